The summed E-state index contributed by atoms with van der Waals surface area (Å²) in [5.41, 5.74) is 2.76. The highest BCUT2D eigenvalue weighted by Crippen LogP contribution is 2.23. The summed E-state index contributed by atoms with van der Waals surface area (Å²) in [6.45, 7) is 2.40. The molecule has 2 aromatic carbocycles. The molecule has 0 aliphatic carbocycles. The summed E-state index contributed by atoms with van der Waals surface area (Å²) in [7, 11) is 0. The van der Waals surface area contributed by atoms with Crippen LogP contribution in [0.2, 0.25) is 0 Å². The van der Waals surface area contributed by atoms with E-state index in [9.17, 15) is 4.79 Å². The average molecular weight is 306 g/mol. The summed E-state index contributed by atoms with van der Waals surface area (Å²) in [5.74, 6) is 0.472. The number of pyridine rings is 1. The van der Waals surface area contributed by atoms with Crippen molar-refractivity contribution in [3.63, 3.8) is 0 Å². The highest BCUT2D eigenvalue weighted by molar-refractivity contribution is 5.85. The monoisotopic (exact) mass is 306 g/mol. The number of nitrogens with zero attached hydrogens (tertiary/aromatic N) is 1. The predicted octanol–water partition coefficient (Wildman–Crippen LogP) is 3.24. The summed E-state index contributed by atoms with van der Waals surface area (Å²) in [6, 6.07) is 19.4. The van der Waals surface area contributed by atoms with E-state index < -0.39 is 0 Å². The first-order valence-electron chi connectivity index (χ1n) is 7.52. The Morgan fingerprint density at radius 3 is 2.70 bits per heavy atom. The number of fused-ring (bicyclic) bond motifs is 1. The number of carbonyl (C=O) groups excluding carboxylic acids is 1. The number of aromatic nitrogens is 1. The normalized spacial score (nSPS) is 10.5. The summed E-state index contributed by atoms with van der Waals surface area (Å²) in [4.78, 5) is 16.4. The molecule has 0 saturated heterocycles. The molecule has 0 aliphatic rings. The van der Waals surface area contributed by atoms with Gasteiger partial charge in [0, 0.05) is 17.6 Å². The van der Waals surface area contributed by atoms with Crippen molar-refractivity contribution in [1.82, 2.24) is 10.3 Å². The Hall–Kier alpha value is -2.88. The van der Waals surface area contributed by atoms with E-state index in [0.717, 1.165) is 22.2 Å². The van der Waals surface area contributed by atoms with Crippen LogP contribution in [0.25, 0.3) is 10.9 Å². The molecule has 116 valence electrons. The Morgan fingerprint density at radius 2 is 1.87 bits per heavy atom. The second kappa shape index (κ2) is 6.92. The van der Waals surface area contributed by atoms with Crippen LogP contribution in [0.15, 0.2) is 60.7 Å². The van der Waals surface area contributed by atoms with Gasteiger partial charge in [-0.25, -0.2) is 4.98 Å². The molecule has 0 atom stereocenters. The summed E-state index contributed by atoms with van der Waals surface area (Å²) in [6.07, 6.45) is 0. The van der Waals surface area contributed by atoms with E-state index in [-0.39, 0.29) is 12.5 Å². The van der Waals surface area contributed by atoms with Gasteiger partial charge in [0.2, 0.25) is 0 Å². The van der Waals surface area contributed by atoms with Gasteiger partial charge < -0.3 is 10.1 Å². The van der Waals surface area contributed by atoms with E-state index in [1.54, 1.807) is 0 Å². The van der Waals surface area contributed by atoms with Crippen LogP contribution in [0, 0.1) is 6.92 Å². The molecule has 0 radical (unpaired) electrons. The number of amides is 1. The van der Waals surface area contributed by atoms with Gasteiger partial charge in [0.15, 0.2) is 6.61 Å². The van der Waals surface area contributed by atoms with Gasteiger partial charge in [-0.15, -0.1) is 0 Å². The number of hydrogen-bond acceptors (Lipinski definition) is 3. The zero-order valence-corrected chi connectivity index (χ0v) is 13.0. The fourth-order valence-corrected chi connectivity index (χ4v) is 2.32. The predicted molar refractivity (Wildman–Crippen MR) is 90.3 cm³/mol. The maximum Gasteiger partial charge on any atom is 0.258 e. The first-order valence-corrected chi connectivity index (χ1v) is 7.52. The third kappa shape index (κ3) is 3.86. The van der Waals surface area contributed by atoms with Gasteiger partial charge in [0.05, 0.1) is 0 Å². The third-order valence-electron chi connectivity index (χ3n) is 3.51. The lowest BCUT2D eigenvalue weighted by molar-refractivity contribution is -0.123. The summed E-state index contributed by atoms with van der Waals surface area (Å²) < 4.78 is 5.65. The standard InChI is InChI=1S/C19H18N2O2/c1-14-10-11-16-8-5-9-17(19(16)21-14)23-13-18(22)20-12-15-6-3-2-4-7-15/h2-11H,12-13H2,1H3,(H,20,22). The highest BCUT2D eigenvalue weighted by atomic mass is 16.5. The van der Waals surface area contributed by atoms with Gasteiger partial charge in [0.25, 0.3) is 5.91 Å². The van der Waals surface area contributed by atoms with Crippen LogP contribution in [0.5, 0.6) is 5.75 Å². The van der Waals surface area contributed by atoms with Crippen molar-refractivity contribution in [2.75, 3.05) is 6.61 Å². The van der Waals surface area contributed by atoms with E-state index in [2.05, 4.69) is 10.3 Å². The maximum absolute atomic E-state index is 11.9. The highest BCUT2D eigenvalue weighted by Gasteiger charge is 2.07. The Labute approximate surface area is 135 Å². The molecule has 4 nitrogen and oxygen atoms in total. The number of nitrogens with one attached hydrogen (secondary N) is 1. The molecule has 0 saturated carbocycles. The van der Waals surface area contributed by atoms with Crippen LogP contribution in [-0.4, -0.2) is 17.5 Å². The molecule has 0 bridgehead atoms. The van der Waals surface area contributed by atoms with Gasteiger partial charge in [0.1, 0.15) is 11.3 Å². The Balaban J connectivity index is 1.62. The van der Waals surface area contributed by atoms with Crippen molar-refractivity contribution in [2.24, 2.45) is 0 Å². The fourth-order valence-electron chi connectivity index (χ4n) is 2.32. The van der Waals surface area contributed by atoms with Crippen LogP contribution in [-0.2, 0) is 11.3 Å². The van der Waals surface area contributed by atoms with Crippen LogP contribution in [0.3, 0.4) is 0 Å². The van der Waals surface area contributed by atoms with Crippen LogP contribution >= 0.6 is 0 Å². The number of carbonyl (C=O) groups is 1. The molecule has 3 aromatic rings. The number of rotatable bonds is 5. The first-order chi connectivity index (χ1) is 11.2. The van der Waals surface area contributed by atoms with Gasteiger partial charge in [-0.2, -0.15) is 0 Å². The first kappa shape index (κ1) is 15.0. The van der Waals surface area contributed by atoms with E-state index in [1.165, 1.54) is 0 Å². The fraction of sp³-hybridized carbons (Fsp3) is 0.158. The lowest BCUT2D eigenvalue weighted by atomic mass is 10.2. The number of ether oxygens (including phenoxy) is 1. The van der Waals surface area contributed by atoms with E-state index in [1.807, 2.05) is 67.6 Å². The molecule has 0 spiro atoms. The minimum absolute atomic E-state index is 0.0262. The van der Waals surface area contributed by atoms with Crippen molar-refractivity contribution < 1.29 is 9.53 Å². The molecular formula is C19H18N2O2. The molecule has 23 heavy (non-hydrogen) atoms. The Morgan fingerprint density at radius 1 is 1.04 bits per heavy atom. The van der Waals surface area contributed by atoms with E-state index >= 15 is 0 Å². The summed E-state index contributed by atoms with van der Waals surface area (Å²) >= 11 is 0. The molecule has 4 heteroatoms. The average Bonchev–Trinajstić information content (AvgIpc) is 2.59. The zero-order valence-electron chi connectivity index (χ0n) is 13.0. The minimum Gasteiger partial charge on any atom is -0.481 e. The van der Waals surface area contributed by atoms with Crippen LogP contribution in [0.1, 0.15) is 11.3 Å². The molecule has 1 amide bonds. The Bertz CT molecular complexity index is 816. The minimum atomic E-state index is -0.154. The van der Waals surface area contributed by atoms with Gasteiger partial charge in [-0.1, -0.05) is 48.5 Å². The van der Waals surface area contributed by atoms with Crippen LogP contribution in [0.4, 0.5) is 0 Å². The summed E-state index contributed by atoms with van der Waals surface area (Å²) in [5, 5.41) is 3.84. The van der Waals surface area contributed by atoms with Crippen molar-refractivity contribution in [3.05, 3.63) is 71.9 Å². The smallest absolute Gasteiger partial charge is 0.258 e. The molecule has 1 heterocycles. The lowest BCUT2D eigenvalue weighted by Gasteiger charge is -2.10. The molecule has 3 rings (SSSR count). The van der Waals surface area contributed by atoms with E-state index in [4.69, 9.17) is 4.74 Å². The SMILES string of the molecule is Cc1ccc2cccc(OCC(=O)NCc3ccccc3)c2n1. The topological polar surface area (TPSA) is 51.2 Å². The number of benzene rings is 2. The zero-order chi connectivity index (χ0) is 16.1. The largest absolute Gasteiger partial charge is 0.481 e. The van der Waals surface area contributed by atoms with Crippen molar-refractivity contribution in [3.8, 4) is 5.75 Å². The quantitative estimate of drug-likeness (QED) is 0.787. The molecule has 0 fully saturated rings. The van der Waals surface area contributed by atoms with Gasteiger partial charge in [-0.05, 0) is 24.6 Å². The molecule has 1 aromatic heterocycles. The second-order valence-electron chi connectivity index (χ2n) is 5.33. The van der Waals surface area contributed by atoms with Crippen molar-refractivity contribution in [2.45, 2.75) is 13.5 Å². The Kier molecular flexibility index (Phi) is 4.52. The maximum atomic E-state index is 11.9. The molecule has 0 aliphatic heterocycles. The second-order valence-corrected chi connectivity index (χ2v) is 5.33. The van der Waals surface area contributed by atoms with Crippen molar-refractivity contribution in [1.29, 1.82) is 0 Å². The third-order valence-corrected chi connectivity index (χ3v) is 3.51. The molecular weight excluding hydrogens is 288 g/mol. The van der Waals surface area contributed by atoms with Crippen LogP contribution < -0.4 is 10.1 Å². The molecule has 1 N–H and O–H groups in total. The van der Waals surface area contributed by atoms with E-state index in [0.29, 0.717) is 12.3 Å². The number of aryl methyl sites for hydroxylation is 1. The molecule has 0 unspecified atom stereocenters. The number of hydrogen-bond donors (Lipinski definition) is 1. The van der Waals surface area contributed by atoms with Crippen molar-refractivity contribution >= 4 is 16.8 Å². The lowest BCUT2D eigenvalue weighted by Crippen LogP contribution is -2.28. The van der Waals surface area contributed by atoms with Gasteiger partial charge in [-0.3, -0.25) is 4.79 Å². The number of para-hydroxylation sites is 1. The van der Waals surface area contributed by atoms with Gasteiger partial charge >= 0.3 is 0 Å².